The Morgan fingerprint density at radius 2 is 0.743 bits per heavy atom. The van der Waals surface area contributed by atoms with Crippen LogP contribution >= 0.6 is 0 Å². The fourth-order valence-corrected chi connectivity index (χ4v) is 11.7. The maximum Gasteiger partial charge on any atom is 0.164 e. The summed E-state index contributed by atoms with van der Waals surface area (Å²) < 4.78 is 21.1. The topological polar surface area (TPSA) is 61.3 Å². The van der Waals surface area contributed by atoms with Crippen LogP contribution in [-0.4, -0.2) is 9.97 Å². The van der Waals surface area contributed by atoms with Crippen LogP contribution in [0.1, 0.15) is 5.56 Å². The Kier molecular flexibility index (Phi) is 7.61. The van der Waals surface area contributed by atoms with E-state index in [1.54, 1.807) is 0 Å². The van der Waals surface area contributed by atoms with Gasteiger partial charge in [-0.3, -0.25) is 0 Å². The molecule has 0 spiro atoms. The van der Waals surface area contributed by atoms with Gasteiger partial charge in [-0.1, -0.05) is 158 Å². The molecule has 0 radical (unpaired) electrons. The van der Waals surface area contributed by atoms with Crippen molar-refractivity contribution in [2.75, 3.05) is 0 Å². The first-order valence-electron chi connectivity index (χ1n) is 23.8. The van der Waals surface area contributed by atoms with Gasteiger partial charge < -0.3 is 13.6 Å². The SMILES string of the molecule is c1ccc2cc3c(cc2c1)COc1c(-c2nc(-c4cc5ccccc5c5c4oc4ccc6ccccc6c45)cc(-c4cc5ccccc5c5c4oc4ccc6ccccc6c45)n2)cc2ccccc2c1-3. The minimum absolute atomic E-state index is 0.418. The smallest absolute Gasteiger partial charge is 0.164 e. The van der Waals surface area contributed by atoms with Gasteiger partial charge in [0, 0.05) is 38.2 Å². The number of hydrogen-bond acceptors (Lipinski definition) is 5. The number of benzene rings is 12. The predicted octanol–water partition coefficient (Wildman–Crippen LogP) is 17.8. The van der Waals surface area contributed by atoms with Crippen molar-refractivity contribution in [1.29, 1.82) is 0 Å². The third-order valence-electron chi connectivity index (χ3n) is 14.8. The second-order valence-electron chi connectivity index (χ2n) is 18.7. The van der Waals surface area contributed by atoms with Crippen molar-refractivity contribution in [2.45, 2.75) is 6.61 Å². The van der Waals surface area contributed by atoms with Gasteiger partial charge in [0.1, 0.15) is 34.7 Å². The van der Waals surface area contributed by atoms with Crippen LogP contribution in [0.4, 0.5) is 0 Å². The van der Waals surface area contributed by atoms with E-state index in [0.717, 1.165) is 148 Å². The zero-order valence-corrected chi connectivity index (χ0v) is 37.5. The second-order valence-corrected chi connectivity index (χ2v) is 18.7. The van der Waals surface area contributed by atoms with Crippen molar-refractivity contribution >= 4 is 109 Å². The molecule has 70 heavy (non-hydrogen) atoms. The van der Waals surface area contributed by atoms with E-state index in [0.29, 0.717) is 12.4 Å². The van der Waals surface area contributed by atoms with E-state index in [4.69, 9.17) is 23.5 Å². The van der Waals surface area contributed by atoms with Crippen LogP contribution in [0.25, 0.3) is 154 Å². The summed E-state index contributed by atoms with van der Waals surface area (Å²) in [5, 5.41) is 17.9. The molecule has 0 aliphatic carbocycles. The van der Waals surface area contributed by atoms with E-state index in [-0.39, 0.29) is 0 Å². The molecule has 0 atom stereocenters. The molecule has 0 bridgehead atoms. The zero-order chi connectivity index (χ0) is 45.6. The van der Waals surface area contributed by atoms with E-state index >= 15 is 0 Å². The van der Waals surface area contributed by atoms with Gasteiger partial charge in [0.05, 0.1) is 17.0 Å². The van der Waals surface area contributed by atoms with E-state index < -0.39 is 0 Å². The van der Waals surface area contributed by atoms with Crippen LogP contribution in [-0.2, 0) is 6.61 Å². The number of ether oxygens (including phenoxy) is 1. The third kappa shape index (κ3) is 5.31. The fraction of sp³-hybridized carbons (Fsp3) is 0.0154. The van der Waals surface area contributed by atoms with E-state index in [1.807, 2.05) is 0 Å². The van der Waals surface area contributed by atoms with Gasteiger partial charge in [0.2, 0.25) is 0 Å². The van der Waals surface area contributed by atoms with Crippen LogP contribution in [0.2, 0.25) is 0 Å². The average Bonchev–Trinajstić information content (AvgIpc) is 4.03. The lowest BCUT2D eigenvalue weighted by Gasteiger charge is -2.25. The molecule has 0 fully saturated rings. The lowest BCUT2D eigenvalue weighted by molar-refractivity contribution is 0.304. The number of rotatable bonds is 3. The molecular formula is C65H36N2O3. The number of furan rings is 2. The van der Waals surface area contributed by atoms with Crippen LogP contribution < -0.4 is 4.74 Å². The summed E-state index contributed by atoms with van der Waals surface area (Å²) in [7, 11) is 0. The average molecular weight is 893 g/mol. The van der Waals surface area contributed by atoms with Gasteiger partial charge in [-0.15, -0.1) is 0 Å². The first-order chi connectivity index (χ1) is 34.7. The van der Waals surface area contributed by atoms with Crippen molar-refractivity contribution in [2.24, 2.45) is 0 Å². The molecule has 12 aromatic carbocycles. The molecule has 3 aromatic heterocycles. The first-order valence-corrected chi connectivity index (χ1v) is 23.8. The maximum atomic E-state index is 7.07. The Hall–Kier alpha value is -9.32. The van der Waals surface area contributed by atoms with Crippen molar-refractivity contribution in [3.63, 3.8) is 0 Å². The highest BCUT2D eigenvalue weighted by molar-refractivity contribution is 6.30. The van der Waals surface area contributed by atoms with Gasteiger partial charge in [-0.25, -0.2) is 9.97 Å². The highest BCUT2D eigenvalue weighted by atomic mass is 16.5. The second kappa shape index (κ2) is 14.1. The van der Waals surface area contributed by atoms with Crippen LogP contribution in [0.15, 0.2) is 215 Å². The Labute approximate surface area is 399 Å². The monoisotopic (exact) mass is 892 g/mol. The van der Waals surface area contributed by atoms with Gasteiger partial charge in [-0.05, 0) is 124 Å². The summed E-state index contributed by atoms with van der Waals surface area (Å²) in [6, 6.07) is 73.3. The molecule has 0 unspecified atom stereocenters. The summed E-state index contributed by atoms with van der Waals surface area (Å²) in [6.45, 7) is 0.418. The van der Waals surface area contributed by atoms with Crippen LogP contribution in [0.5, 0.6) is 5.75 Å². The first kappa shape index (κ1) is 37.7. The Morgan fingerprint density at radius 1 is 0.329 bits per heavy atom. The highest BCUT2D eigenvalue weighted by Crippen LogP contribution is 2.51. The van der Waals surface area contributed by atoms with Gasteiger partial charge in [0.25, 0.3) is 0 Å². The molecule has 15 aromatic rings. The standard InChI is InChI=1S/C65H36N2O3/c1-2-16-39-30-49-43(29-38(39)15-1)35-68-62-52(33-42-19-5-10-22-46(42)57(49)62)65-66-53(50-31-40-17-6-11-23-47(40)60-58-44-20-8-3-13-36(44)25-27-55(58)69-63(50)60)34-54(67-65)51-32-41-18-7-12-24-48(41)61-59-45-21-9-4-14-37(45)26-28-56(59)70-64(51)61/h1-34H,35H2. The molecular weight excluding hydrogens is 857 g/mol. The lowest BCUT2D eigenvalue weighted by Crippen LogP contribution is -2.08. The number of hydrogen-bond donors (Lipinski definition) is 0. The van der Waals surface area contributed by atoms with Crippen molar-refractivity contribution in [3.8, 4) is 50.8 Å². The zero-order valence-electron chi connectivity index (χ0n) is 37.5. The summed E-state index contributed by atoms with van der Waals surface area (Å²) in [4.78, 5) is 11.3. The van der Waals surface area contributed by atoms with Gasteiger partial charge in [-0.2, -0.15) is 0 Å². The summed E-state index contributed by atoms with van der Waals surface area (Å²) in [5.41, 5.74) is 10.6. The van der Waals surface area contributed by atoms with Gasteiger partial charge >= 0.3 is 0 Å². The summed E-state index contributed by atoms with van der Waals surface area (Å²) in [6.07, 6.45) is 0. The third-order valence-corrected chi connectivity index (χ3v) is 14.8. The molecule has 5 heteroatoms. The van der Waals surface area contributed by atoms with Crippen molar-refractivity contribution in [3.05, 3.63) is 212 Å². The molecule has 0 saturated heterocycles. The van der Waals surface area contributed by atoms with Crippen molar-refractivity contribution in [1.82, 2.24) is 9.97 Å². The van der Waals surface area contributed by atoms with Crippen LogP contribution in [0, 0.1) is 0 Å². The molecule has 16 rings (SSSR count). The van der Waals surface area contributed by atoms with Crippen LogP contribution in [0.3, 0.4) is 0 Å². The normalized spacial score (nSPS) is 12.6. The maximum absolute atomic E-state index is 7.07. The van der Waals surface area contributed by atoms with Gasteiger partial charge in [0.15, 0.2) is 5.82 Å². The molecule has 5 nitrogen and oxygen atoms in total. The largest absolute Gasteiger partial charge is 0.487 e. The summed E-state index contributed by atoms with van der Waals surface area (Å²) in [5.74, 6) is 1.31. The van der Waals surface area contributed by atoms with E-state index in [9.17, 15) is 0 Å². The number of aromatic nitrogens is 2. The molecule has 0 N–H and O–H groups in total. The Balaban J connectivity index is 1.05. The Morgan fingerprint density at radius 3 is 1.29 bits per heavy atom. The minimum atomic E-state index is 0.418. The molecule has 1 aliphatic heterocycles. The molecule has 324 valence electrons. The van der Waals surface area contributed by atoms with E-state index in [1.165, 1.54) is 10.8 Å². The molecule has 0 saturated carbocycles. The number of nitrogens with zero attached hydrogens (tertiary/aromatic N) is 2. The lowest BCUT2D eigenvalue weighted by atomic mass is 9.88. The highest BCUT2D eigenvalue weighted by Gasteiger charge is 2.28. The van der Waals surface area contributed by atoms with E-state index in [2.05, 4.69) is 206 Å². The minimum Gasteiger partial charge on any atom is -0.487 e. The Bertz CT molecular complexity index is 4580. The predicted molar refractivity (Wildman–Crippen MR) is 288 cm³/mol. The fourth-order valence-electron chi connectivity index (χ4n) is 11.7. The number of fused-ring (bicyclic) bond motifs is 20. The molecule has 1 aliphatic rings. The van der Waals surface area contributed by atoms with Crippen molar-refractivity contribution < 1.29 is 13.6 Å². The quantitative estimate of drug-likeness (QED) is 0.177. The molecule has 4 heterocycles. The summed E-state index contributed by atoms with van der Waals surface area (Å²) >= 11 is 0. The molecule has 0 amide bonds.